The number of carbonyl (C=O) groups is 5. The van der Waals surface area contributed by atoms with Crippen molar-refractivity contribution in [3.8, 4) is 17.2 Å². The maximum atomic E-state index is 13.0. The fraction of sp³-hybridized carbons (Fsp3) is 0.606. The summed E-state index contributed by atoms with van der Waals surface area (Å²) in [5.41, 5.74) is -0.786. The average molecular weight is 1810 g/mol. The van der Waals surface area contributed by atoms with E-state index >= 15 is 0 Å². The second kappa shape index (κ2) is 62.6. The predicted molar refractivity (Wildman–Crippen MR) is 500 cm³/mol. The van der Waals surface area contributed by atoms with Crippen LogP contribution < -0.4 is 0 Å². The first-order valence-electron chi connectivity index (χ1n) is 44.4. The second-order valence-electron chi connectivity index (χ2n) is 35.6. The summed E-state index contributed by atoms with van der Waals surface area (Å²) in [4.78, 5) is 55.6. The first kappa shape index (κ1) is 127. The summed E-state index contributed by atoms with van der Waals surface area (Å²) >= 11 is 0. The number of aromatic hydroxyl groups is 3. The number of ether oxygens (including phenoxy) is 5. The van der Waals surface area contributed by atoms with Crippen LogP contribution in [-0.2, 0) is 47.7 Å². The van der Waals surface area contributed by atoms with E-state index in [4.69, 9.17) is 20.4 Å². The molecule has 127 heavy (non-hydrogen) atoms. The summed E-state index contributed by atoms with van der Waals surface area (Å²) in [6.45, 7) is 52.0. The molecular formula is C104H163F9O14. The van der Waals surface area contributed by atoms with Gasteiger partial charge in [0.2, 0.25) is 0 Å². The Morgan fingerprint density at radius 3 is 0.614 bits per heavy atom. The highest BCUT2D eigenvalue weighted by Gasteiger charge is 2.63. The van der Waals surface area contributed by atoms with E-state index in [1.165, 1.54) is 87.8 Å². The molecule has 0 aliphatic rings. The van der Waals surface area contributed by atoms with E-state index in [1.807, 2.05) is 98.7 Å². The molecule has 0 fully saturated rings. The number of hydrogen-bond acceptors (Lipinski definition) is 14. The third kappa shape index (κ3) is 51.4. The molecule has 0 aliphatic carbocycles. The van der Waals surface area contributed by atoms with Crippen LogP contribution in [0.25, 0.3) is 0 Å². The minimum atomic E-state index is -5.15. The van der Waals surface area contributed by atoms with Crippen LogP contribution in [0.15, 0.2) is 164 Å². The number of phenols is 3. The Morgan fingerprint density at radius 2 is 0.465 bits per heavy atom. The lowest BCUT2D eigenvalue weighted by Gasteiger charge is -2.38. The highest BCUT2D eigenvalue weighted by Crippen LogP contribution is 2.50. The fourth-order valence-corrected chi connectivity index (χ4v) is 9.43. The maximum absolute atomic E-state index is 13.0. The van der Waals surface area contributed by atoms with Gasteiger partial charge >= 0.3 is 48.4 Å². The monoisotopic (exact) mass is 1810 g/mol. The van der Waals surface area contributed by atoms with Gasteiger partial charge in [0, 0.05) is 0 Å². The molecule has 0 spiro atoms. The minimum absolute atomic E-state index is 0.134. The molecule has 23 heteroatoms. The molecule has 9 atom stereocenters. The molecule has 6 aromatic rings. The second-order valence-corrected chi connectivity index (χ2v) is 35.6. The molecule has 6 aromatic carbocycles. The molecule has 0 saturated carbocycles. The van der Waals surface area contributed by atoms with Gasteiger partial charge in [0.25, 0.3) is 0 Å². The van der Waals surface area contributed by atoms with E-state index < -0.39 is 71.4 Å². The zero-order valence-corrected chi connectivity index (χ0v) is 83.1. The van der Waals surface area contributed by atoms with Gasteiger partial charge in [-0.15, -0.1) is 0 Å². The molecule has 0 aromatic heterocycles. The molecule has 0 bridgehead atoms. The van der Waals surface area contributed by atoms with Gasteiger partial charge in [-0.3, -0.25) is 24.0 Å². The molecule has 0 radical (unpaired) electrons. The molecule has 4 N–H and O–H groups in total. The van der Waals surface area contributed by atoms with Crippen LogP contribution in [-0.4, -0.2) is 109 Å². The number of alkyl halides is 9. The number of methoxy groups -OCH3 is 3. The standard InChI is InChI=1S/C13H20F6O2.C10H17F3O3.3C10H14O.3C10H14.3C7H14O2/c1-6-10(3,4)9(20)21-7-11(5,13(17,18)19)8(2)12(14,15)16;1-5-8(2,3)7(14)16-6-9(4,15)10(11,12)13;3*1-3-8(2)9-4-6-10(11)7-5-9;3*1-3-9(2)10-7-5-4-6-8-10;3*1-5-7(2,3)6(8)9-4/h8H,6-7H2,1-5H3;15H,5-6H2,1-4H3;3*4-8,11H,3H2,1-2H3;3*4-9H,3H2,1-2H3;3*5H2,1-4H3. The Kier molecular flexibility index (Phi) is 62.6. The Balaban J connectivity index is -0.000000434. The molecule has 0 aliphatic heterocycles. The van der Waals surface area contributed by atoms with Gasteiger partial charge in [-0.2, -0.15) is 39.5 Å². The molecule has 0 saturated heterocycles. The molecule has 0 amide bonds. The topological polar surface area (TPSA) is 212 Å². The van der Waals surface area contributed by atoms with E-state index in [2.05, 4.69) is 198 Å². The lowest BCUT2D eigenvalue weighted by molar-refractivity contribution is -0.299. The number of esters is 5. The van der Waals surface area contributed by atoms with Crippen LogP contribution in [0.2, 0.25) is 0 Å². The van der Waals surface area contributed by atoms with E-state index in [0.717, 1.165) is 38.5 Å². The van der Waals surface area contributed by atoms with Crippen molar-refractivity contribution in [2.24, 2.45) is 38.4 Å². The van der Waals surface area contributed by atoms with E-state index in [1.54, 1.807) is 64.1 Å². The Morgan fingerprint density at radius 1 is 0.283 bits per heavy atom. The molecule has 14 nitrogen and oxygen atoms in total. The summed E-state index contributed by atoms with van der Waals surface area (Å²) in [6, 6.07) is 54.2. The molecule has 9 unspecified atom stereocenters. The van der Waals surface area contributed by atoms with Crippen LogP contribution in [0.4, 0.5) is 39.5 Å². The van der Waals surface area contributed by atoms with E-state index in [9.17, 15) is 63.5 Å². The van der Waals surface area contributed by atoms with Gasteiger partial charge in [-0.25, -0.2) is 0 Å². The Bertz CT molecular complexity index is 3550. The van der Waals surface area contributed by atoms with E-state index in [-0.39, 0.29) is 34.2 Å². The number of carbonyl (C=O) groups excluding carboxylic acids is 5. The summed E-state index contributed by atoms with van der Waals surface area (Å²) in [5, 5.41) is 36.1. The first-order valence-corrected chi connectivity index (χ1v) is 44.4. The van der Waals surface area contributed by atoms with Gasteiger partial charge in [0.15, 0.2) is 5.60 Å². The summed E-state index contributed by atoms with van der Waals surface area (Å²) in [6.07, 6.45) is -4.71. The lowest BCUT2D eigenvalue weighted by Crippen LogP contribution is -2.50. The van der Waals surface area contributed by atoms with Gasteiger partial charge in [0.05, 0.1) is 54.3 Å². The average Bonchev–Trinajstić information content (AvgIpc) is 0.772. The molecule has 726 valence electrons. The Labute approximate surface area is 759 Å². The number of hydrogen-bond donors (Lipinski definition) is 4. The number of phenolic OH excluding ortho intramolecular Hbond substituents is 3. The molecular weight excluding hydrogens is 1640 g/mol. The highest BCUT2D eigenvalue weighted by molar-refractivity contribution is 5.77. The SMILES string of the molecule is CCC(C)(C)C(=O)OC.CCC(C)(C)C(=O)OC.CCC(C)(C)C(=O)OC.CCC(C)(C)C(=O)OCC(C)(C(C)C(F)(F)F)C(F)(F)F.CCC(C)(C)C(=O)OCC(C)(O)C(F)(F)F.CCC(C)c1ccc(O)cc1.CCC(C)c1ccc(O)cc1.CCC(C)c1ccc(O)cc1.CCC(C)c1ccccc1.CCC(C)c1ccccc1.CCC(C)c1ccccc1. The van der Waals surface area contributed by atoms with Gasteiger partial charge in [-0.05, 0) is 259 Å². The summed E-state index contributed by atoms with van der Waals surface area (Å²) < 4.78 is 136. The van der Waals surface area contributed by atoms with Gasteiger partial charge in [-0.1, -0.05) is 252 Å². The quantitative estimate of drug-likeness (QED) is 0.0215. The van der Waals surface area contributed by atoms with Gasteiger partial charge in [0.1, 0.15) is 35.9 Å². The molecule has 0 heterocycles. The fourth-order valence-electron chi connectivity index (χ4n) is 9.43. The van der Waals surface area contributed by atoms with Crippen molar-refractivity contribution in [2.75, 3.05) is 34.5 Å². The highest BCUT2D eigenvalue weighted by atomic mass is 19.4. The van der Waals surface area contributed by atoms with Crippen LogP contribution in [0.3, 0.4) is 0 Å². The number of rotatable bonds is 27. The maximum Gasteiger partial charge on any atom is 0.420 e. The van der Waals surface area contributed by atoms with Crippen LogP contribution in [0.1, 0.15) is 347 Å². The van der Waals surface area contributed by atoms with Crippen molar-refractivity contribution in [1.82, 2.24) is 0 Å². The van der Waals surface area contributed by atoms with Crippen molar-refractivity contribution in [1.29, 1.82) is 0 Å². The predicted octanol–water partition coefficient (Wildman–Crippen LogP) is 30.1. The number of aliphatic hydroxyl groups is 1. The number of halogens is 9. The van der Waals surface area contributed by atoms with Crippen molar-refractivity contribution in [2.45, 2.75) is 338 Å². The van der Waals surface area contributed by atoms with Crippen molar-refractivity contribution < 1.29 is 108 Å². The third-order valence-corrected chi connectivity index (χ3v) is 23.6. The van der Waals surface area contributed by atoms with Crippen LogP contribution >= 0.6 is 0 Å². The minimum Gasteiger partial charge on any atom is -0.508 e. The normalized spacial score (nSPS) is 13.9. The number of benzene rings is 6. The third-order valence-electron chi connectivity index (χ3n) is 23.6. The lowest BCUT2D eigenvalue weighted by atomic mass is 9.77. The smallest absolute Gasteiger partial charge is 0.420 e. The zero-order valence-electron chi connectivity index (χ0n) is 83.1. The van der Waals surface area contributed by atoms with Crippen molar-refractivity contribution in [3.05, 3.63) is 197 Å². The van der Waals surface area contributed by atoms with Crippen molar-refractivity contribution >= 4 is 29.8 Å². The largest absolute Gasteiger partial charge is 0.508 e. The van der Waals surface area contributed by atoms with Gasteiger partial charge < -0.3 is 44.1 Å². The zero-order chi connectivity index (χ0) is 99.9. The van der Waals surface area contributed by atoms with E-state index in [0.29, 0.717) is 86.4 Å². The van der Waals surface area contributed by atoms with Crippen LogP contribution in [0, 0.1) is 38.4 Å². The first-order chi connectivity index (χ1) is 58.4. The molecule has 6 rings (SSSR count). The van der Waals surface area contributed by atoms with Crippen LogP contribution in [0.5, 0.6) is 17.2 Å². The van der Waals surface area contributed by atoms with Crippen molar-refractivity contribution in [3.63, 3.8) is 0 Å². The summed E-state index contributed by atoms with van der Waals surface area (Å²) in [7, 11) is 4.25. The summed E-state index contributed by atoms with van der Waals surface area (Å²) in [5.74, 6) is 0.147. The Hall–Kier alpha value is -8.60.